The highest BCUT2D eigenvalue weighted by atomic mass is 15.3. The number of likely N-dealkylation sites (tertiary alicyclic amines) is 1. The van der Waals surface area contributed by atoms with Gasteiger partial charge in [0.15, 0.2) is 0 Å². The molecule has 0 aliphatic carbocycles. The predicted molar refractivity (Wildman–Crippen MR) is 65.0 cm³/mol. The zero-order valence-corrected chi connectivity index (χ0v) is 10.3. The van der Waals surface area contributed by atoms with Gasteiger partial charge in [0.2, 0.25) is 0 Å². The predicted octanol–water partition coefficient (Wildman–Crippen LogP) is 0.763. The lowest BCUT2D eigenvalue weighted by Crippen LogP contribution is -2.33. The third-order valence-electron chi connectivity index (χ3n) is 3.46. The quantitative estimate of drug-likeness (QED) is 0.821. The molecule has 2 rings (SSSR count). The molecule has 0 saturated carbocycles. The van der Waals surface area contributed by atoms with Crippen molar-refractivity contribution in [3.63, 3.8) is 0 Å². The van der Waals surface area contributed by atoms with Crippen molar-refractivity contribution in [1.82, 2.24) is 14.7 Å². The van der Waals surface area contributed by atoms with Gasteiger partial charge in [-0.3, -0.25) is 4.68 Å². The van der Waals surface area contributed by atoms with Crippen molar-refractivity contribution < 1.29 is 0 Å². The van der Waals surface area contributed by atoms with Crippen LogP contribution in [0.1, 0.15) is 24.2 Å². The Balaban J connectivity index is 1.97. The van der Waals surface area contributed by atoms with E-state index in [-0.39, 0.29) is 0 Å². The average Bonchev–Trinajstić information content (AvgIpc) is 2.58. The van der Waals surface area contributed by atoms with Gasteiger partial charge in [-0.15, -0.1) is 0 Å². The third kappa shape index (κ3) is 2.62. The number of hydrogen-bond donors (Lipinski definition) is 1. The topological polar surface area (TPSA) is 47.1 Å². The molecule has 16 heavy (non-hydrogen) atoms. The van der Waals surface area contributed by atoms with Gasteiger partial charge in [0.05, 0.1) is 11.4 Å². The summed E-state index contributed by atoms with van der Waals surface area (Å²) in [5.41, 5.74) is 7.97. The summed E-state index contributed by atoms with van der Waals surface area (Å²) in [4.78, 5) is 2.42. The third-order valence-corrected chi connectivity index (χ3v) is 3.46. The molecule has 4 heteroatoms. The van der Waals surface area contributed by atoms with Gasteiger partial charge in [0.25, 0.3) is 0 Å². The molecule has 2 heterocycles. The van der Waals surface area contributed by atoms with Gasteiger partial charge >= 0.3 is 0 Å². The molecule has 1 unspecified atom stereocenters. The van der Waals surface area contributed by atoms with Crippen LogP contribution in [0.3, 0.4) is 0 Å². The second-order valence-corrected chi connectivity index (χ2v) is 4.93. The van der Waals surface area contributed by atoms with Crippen LogP contribution in [-0.4, -0.2) is 34.8 Å². The van der Waals surface area contributed by atoms with Crippen molar-refractivity contribution in [3.05, 3.63) is 17.5 Å². The van der Waals surface area contributed by atoms with Crippen molar-refractivity contribution in [1.29, 1.82) is 0 Å². The molecular formula is C12H22N4. The van der Waals surface area contributed by atoms with Crippen molar-refractivity contribution in [3.8, 4) is 0 Å². The number of nitrogens with two attached hydrogens (primary N) is 1. The first-order valence-corrected chi connectivity index (χ1v) is 6.09. The Labute approximate surface area is 97.4 Å². The molecule has 90 valence electrons. The summed E-state index contributed by atoms with van der Waals surface area (Å²) in [6.07, 6.45) is 3.74. The first-order valence-electron chi connectivity index (χ1n) is 6.09. The number of nitrogens with zero attached hydrogens (tertiary/aromatic N) is 3. The molecule has 0 amide bonds. The van der Waals surface area contributed by atoms with Crippen molar-refractivity contribution in [2.24, 2.45) is 18.7 Å². The minimum Gasteiger partial charge on any atom is -0.325 e. The maximum Gasteiger partial charge on any atom is 0.0631 e. The van der Waals surface area contributed by atoms with Gasteiger partial charge in [-0.05, 0) is 44.8 Å². The summed E-state index contributed by atoms with van der Waals surface area (Å²) in [5.74, 6) is 0.763. The van der Waals surface area contributed by atoms with E-state index in [2.05, 4.69) is 23.1 Å². The average molecular weight is 222 g/mol. The highest BCUT2D eigenvalue weighted by molar-refractivity contribution is 5.10. The first kappa shape index (κ1) is 11.6. The zero-order chi connectivity index (χ0) is 11.5. The number of aromatic nitrogens is 2. The fraction of sp³-hybridized carbons (Fsp3) is 0.750. The summed E-state index contributed by atoms with van der Waals surface area (Å²) in [5, 5.41) is 4.52. The maximum absolute atomic E-state index is 5.65. The Kier molecular flexibility index (Phi) is 3.61. The molecule has 1 saturated heterocycles. The molecule has 0 bridgehead atoms. The van der Waals surface area contributed by atoms with Gasteiger partial charge in [-0.1, -0.05) is 0 Å². The van der Waals surface area contributed by atoms with Gasteiger partial charge in [-0.2, -0.15) is 5.10 Å². The zero-order valence-electron chi connectivity index (χ0n) is 10.3. The Morgan fingerprint density at radius 2 is 2.31 bits per heavy atom. The molecule has 1 aliphatic rings. The standard InChI is InChI=1S/C12H22N4/c1-15-5-3-4-10(9-15)6-11-7-12(8-13)16(2)14-11/h7,10H,3-6,8-9,13H2,1-2H3. The first-order chi connectivity index (χ1) is 7.69. The molecule has 2 N–H and O–H groups in total. The fourth-order valence-electron chi connectivity index (χ4n) is 2.60. The number of hydrogen-bond acceptors (Lipinski definition) is 3. The SMILES string of the molecule is CN1CCCC(Cc2cc(CN)n(C)n2)C1. The molecule has 0 aromatic carbocycles. The monoisotopic (exact) mass is 222 g/mol. The summed E-state index contributed by atoms with van der Waals surface area (Å²) >= 11 is 0. The number of aryl methyl sites for hydroxylation is 1. The minimum absolute atomic E-state index is 0.577. The summed E-state index contributed by atoms with van der Waals surface area (Å²) in [7, 11) is 4.18. The summed E-state index contributed by atoms with van der Waals surface area (Å²) in [6.45, 7) is 3.02. The minimum atomic E-state index is 0.577. The van der Waals surface area contributed by atoms with Crippen LogP contribution in [0.2, 0.25) is 0 Å². The highest BCUT2D eigenvalue weighted by Crippen LogP contribution is 2.19. The molecule has 0 radical (unpaired) electrons. The van der Waals surface area contributed by atoms with Crippen LogP contribution in [-0.2, 0) is 20.0 Å². The Hall–Kier alpha value is -0.870. The van der Waals surface area contributed by atoms with Gasteiger partial charge in [-0.25, -0.2) is 0 Å². The van der Waals surface area contributed by atoms with E-state index in [4.69, 9.17) is 5.73 Å². The van der Waals surface area contributed by atoms with E-state index >= 15 is 0 Å². The molecule has 1 aromatic heterocycles. The lowest BCUT2D eigenvalue weighted by Gasteiger charge is -2.29. The van der Waals surface area contributed by atoms with E-state index in [0.717, 1.165) is 18.0 Å². The molecule has 0 spiro atoms. The van der Waals surface area contributed by atoms with Crippen molar-refractivity contribution >= 4 is 0 Å². The van der Waals surface area contributed by atoms with Crippen LogP contribution in [0.15, 0.2) is 6.07 Å². The molecule has 1 aromatic rings. The highest BCUT2D eigenvalue weighted by Gasteiger charge is 2.18. The largest absolute Gasteiger partial charge is 0.325 e. The maximum atomic E-state index is 5.65. The Morgan fingerprint density at radius 1 is 1.50 bits per heavy atom. The number of piperidine rings is 1. The molecule has 1 atom stereocenters. The van der Waals surface area contributed by atoms with Crippen molar-refractivity contribution in [2.45, 2.75) is 25.8 Å². The van der Waals surface area contributed by atoms with Crippen LogP contribution in [0, 0.1) is 5.92 Å². The van der Waals surface area contributed by atoms with Gasteiger partial charge < -0.3 is 10.6 Å². The lowest BCUT2D eigenvalue weighted by molar-refractivity contribution is 0.208. The normalized spacial score (nSPS) is 22.6. The molecule has 4 nitrogen and oxygen atoms in total. The van der Waals surface area contributed by atoms with Crippen LogP contribution < -0.4 is 5.73 Å². The second kappa shape index (κ2) is 4.97. The van der Waals surface area contributed by atoms with Gasteiger partial charge in [0.1, 0.15) is 0 Å². The van der Waals surface area contributed by atoms with E-state index in [1.54, 1.807) is 0 Å². The van der Waals surface area contributed by atoms with Gasteiger partial charge in [0, 0.05) is 20.1 Å². The van der Waals surface area contributed by atoms with Crippen LogP contribution in [0.4, 0.5) is 0 Å². The smallest absolute Gasteiger partial charge is 0.0631 e. The van der Waals surface area contributed by atoms with E-state index in [1.807, 2.05) is 11.7 Å². The fourth-order valence-corrected chi connectivity index (χ4v) is 2.60. The van der Waals surface area contributed by atoms with Crippen molar-refractivity contribution in [2.75, 3.05) is 20.1 Å². The molecule has 1 fully saturated rings. The van der Waals surface area contributed by atoms with E-state index < -0.39 is 0 Å². The Morgan fingerprint density at radius 3 is 2.94 bits per heavy atom. The second-order valence-electron chi connectivity index (χ2n) is 4.93. The molecular weight excluding hydrogens is 200 g/mol. The van der Waals surface area contributed by atoms with Crippen LogP contribution >= 0.6 is 0 Å². The summed E-state index contributed by atoms with van der Waals surface area (Å²) < 4.78 is 1.90. The van der Waals surface area contributed by atoms with Crippen LogP contribution in [0.5, 0.6) is 0 Å². The van der Waals surface area contributed by atoms with E-state index in [0.29, 0.717) is 6.54 Å². The molecule has 1 aliphatic heterocycles. The van der Waals surface area contributed by atoms with E-state index in [9.17, 15) is 0 Å². The lowest BCUT2D eigenvalue weighted by atomic mass is 9.94. The van der Waals surface area contributed by atoms with E-state index in [1.165, 1.54) is 31.6 Å². The Bertz CT molecular complexity index is 345. The summed E-state index contributed by atoms with van der Waals surface area (Å²) in [6, 6.07) is 2.15. The number of rotatable bonds is 3. The van der Waals surface area contributed by atoms with Crippen LogP contribution in [0.25, 0.3) is 0 Å².